The average molecular weight is 457 g/mol. The largest absolute Gasteiger partial charge is 0.367 e. The van der Waals surface area contributed by atoms with Gasteiger partial charge in [0.05, 0.1) is 6.61 Å². The summed E-state index contributed by atoms with van der Waals surface area (Å²) in [6.07, 6.45) is 4.64. The number of carbonyl (C=O) groups is 1. The molecule has 0 aromatic heterocycles. The first-order valence-corrected chi connectivity index (χ1v) is 12.6. The Kier molecular flexibility index (Phi) is 9.30. The number of aryl methyl sites for hydroxylation is 1. The average Bonchev–Trinajstić information content (AvgIpc) is 3.15. The molecule has 1 N–H and O–H groups in total. The molecule has 1 heterocycles. The molecule has 0 bridgehead atoms. The molecule has 178 valence electrons. The molecule has 1 atom stereocenters. The molecule has 0 radical (unpaired) electrons. The molecule has 0 aliphatic carbocycles. The Balaban J connectivity index is 1.26. The van der Waals surface area contributed by atoms with Gasteiger partial charge in [0.25, 0.3) is 0 Å². The van der Waals surface area contributed by atoms with E-state index in [1.54, 1.807) is 0 Å². The summed E-state index contributed by atoms with van der Waals surface area (Å²) in [5.41, 5.74) is 3.56. The fourth-order valence-electron chi connectivity index (χ4n) is 4.67. The van der Waals surface area contributed by atoms with Crippen molar-refractivity contribution < 1.29 is 9.53 Å². The zero-order valence-electron chi connectivity index (χ0n) is 19.9. The maximum Gasteiger partial charge on any atom is 0.222 e. The second-order valence-electron chi connectivity index (χ2n) is 9.04. The first kappa shape index (κ1) is 24.2. The van der Waals surface area contributed by atoms with Gasteiger partial charge in [-0.15, -0.1) is 0 Å². The summed E-state index contributed by atoms with van der Waals surface area (Å²) in [6.45, 7) is 3.04. The van der Waals surface area contributed by atoms with Crippen LogP contribution in [0.4, 0.5) is 0 Å². The predicted octanol–water partition coefficient (Wildman–Crippen LogP) is 5.40. The summed E-state index contributed by atoms with van der Waals surface area (Å²) in [6, 6.07) is 31.4. The molecule has 1 amide bonds. The lowest BCUT2D eigenvalue weighted by molar-refractivity contribution is -0.131. The number of rotatable bonds is 10. The Morgan fingerprint density at radius 1 is 0.882 bits per heavy atom. The van der Waals surface area contributed by atoms with Gasteiger partial charge in [0.1, 0.15) is 6.10 Å². The molecule has 3 aromatic rings. The fraction of sp³-hybridized carbons (Fsp3) is 0.367. The highest BCUT2D eigenvalue weighted by Crippen LogP contribution is 2.25. The standard InChI is InChI=1S/C30H36N2O2/c33-29(20-19-25-12-4-1-5-13-25)32-22-11-10-18-28(24-32)31-21-23-34-30(26-14-6-2-7-15-26)27-16-8-3-9-17-27/h1-9,12-17,28,30-31H,10-11,18-24H2. The first-order valence-electron chi connectivity index (χ1n) is 12.6. The molecule has 4 heteroatoms. The lowest BCUT2D eigenvalue weighted by atomic mass is 10.0. The third-order valence-electron chi connectivity index (χ3n) is 6.52. The van der Waals surface area contributed by atoms with E-state index in [-0.39, 0.29) is 12.0 Å². The molecule has 0 spiro atoms. The van der Waals surface area contributed by atoms with Gasteiger partial charge < -0.3 is 15.0 Å². The molecule has 1 unspecified atom stereocenters. The first-order chi connectivity index (χ1) is 16.8. The van der Waals surface area contributed by atoms with Crippen LogP contribution in [0.2, 0.25) is 0 Å². The van der Waals surface area contributed by atoms with E-state index in [1.807, 2.05) is 30.3 Å². The van der Waals surface area contributed by atoms with Crippen LogP contribution in [0.25, 0.3) is 0 Å². The van der Waals surface area contributed by atoms with Crippen LogP contribution >= 0.6 is 0 Å². The summed E-state index contributed by atoms with van der Waals surface area (Å²) in [5.74, 6) is 0.266. The van der Waals surface area contributed by atoms with E-state index >= 15 is 0 Å². The topological polar surface area (TPSA) is 41.6 Å². The summed E-state index contributed by atoms with van der Waals surface area (Å²) in [7, 11) is 0. The van der Waals surface area contributed by atoms with Crippen molar-refractivity contribution in [3.05, 3.63) is 108 Å². The summed E-state index contributed by atoms with van der Waals surface area (Å²) in [5, 5.41) is 3.66. The fourth-order valence-corrected chi connectivity index (χ4v) is 4.67. The minimum atomic E-state index is -0.0746. The lowest BCUT2D eigenvalue weighted by Crippen LogP contribution is -2.43. The van der Waals surface area contributed by atoms with Gasteiger partial charge in [0, 0.05) is 32.1 Å². The van der Waals surface area contributed by atoms with Crippen molar-refractivity contribution in [3.8, 4) is 0 Å². The number of hydrogen-bond donors (Lipinski definition) is 1. The predicted molar refractivity (Wildman–Crippen MR) is 138 cm³/mol. The second kappa shape index (κ2) is 13.1. The molecule has 3 aromatic carbocycles. The number of hydrogen-bond acceptors (Lipinski definition) is 3. The van der Waals surface area contributed by atoms with E-state index in [0.717, 1.165) is 45.3 Å². The second-order valence-corrected chi connectivity index (χ2v) is 9.04. The zero-order chi connectivity index (χ0) is 23.4. The van der Waals surface area contributed by atoms with Crippen molar-refractivity contribution in [1.29, 1.82) is 0 Å². The van der Waals surface area contributed by atoms with Gasteiger partial charge in [0.15, 0.2) is 0 Å². The van der Waals surface area contributed by atoms with Crippen molar-refractivity contribution in [2.45, 2.75) is 44.2 Å². The van der Waals surface area contributed by atoms with E-state index < -0.39 is 0 Å². The number of benzene rings is 3. The van der Waals surface area contributed by atoms with Crippen LogP contribution in [-0.4, -0.2) is 43.1 Å². The Hall–Kier alpha value is -2.95. The number of ether oxygens (including phenoxy) is 1. The van der Waals surface area contributed by atoms with E-state index in [0.29, 0.717) is 19.1 Å². The van der Waals surface area contributed by atoms with Crippen molar-refractivity contribution in [2.75, 3.05) is 26.2 Å². The van der Waals surface area contributed by atoms with E-state index in [4.69, 9.17) is 4.74 Å². The maximum absolute atomic E-state index is 12.9. The Morgan fingerprint density at radius 2 is 1.50 bits per heavy atom. The highest BCUT2D eigenvalue weighted by molar-refractivity contribution is 5.76. The van der Waals surface area contributed by atoms with Crippen LogP contribution in [0.1, 0.15) is 48.5 Å². The molecule has 4 nitrogen and oxygen atoms in total. The van der Waals surface area contributed by atoms with Crippen molar-refractivity contribution >= 4 is 5.91 Å². The van der Waals surface area contributed by atoms with Crippen LogP contribution in [0.15, 0.2) is 91.0 Å². The van der Waals surface area contributed by atoms with Gasteiger partial charge >= 0.3 is 0 Å². The number of nitrogens with one attached hydrogen (secondary N) is 1. The number of nitrogens with zero attached hydrogens (tertiary/aromatic N) is 1. The zero-order valence-corrected chi connectivity index (χ0v) is 19.9. The molecule has 1 aliphatic heterocycles. The summed E-state index contributed by atoms with van der Waals surface area (Å²) in [4.78, 5) is 14.9. The van der Waals surface area contributed by atoms with Gasteiger partial charge in [0.2, 0.25) is 5.91 Å². The molecular formula is C30H36N2O2. The van der Waals surface area contributed by atoms with E-state index in [1.165, 1.54) is 16.7 Å². The van der Waals surface area contributed by atoms with Crippen LogP contribution in [-0.2, 0) is 16.0 Å². The Bertz CT molecular complexity index is 939. The molecule has 4 rings (SSSR count). The van der Waals surface area contributed by atoms with Crippen molar-refractivity contribution in [1.82, 2.24) is 10.2 Å². The maximum atomic E-state index is 12.9. The van der Waals surface area contributed by atoms with Crippen LogP contribution in [0, 0.1) is 0 Å². The number of carbonyl (C=O) groups excluding carboxylic acids is 1. The van der Waals surface area contributed by atoms with E-state index in [2.05, 4.69) is 70.9 Å². The monoisotopic (exact) mass is 456 g/mol. The van der Waals surface area contributed by atoms with Crippen molar-refractivity contribution in [3.63, 3.8) is 0 Å². The Morgan fingerprint density at radius 3 is 2.15 bits per heavy atom. The molecular weight excluding hydrogens is 420 g/mol. The summed E-state index contributed by atoms with van der Waals surface area (Å²) < 4.78 is 6.36. The number of amides is 1. The molecule has 1 fully saturated rings. The van der Waals surface area contributed by atoms with Gasteiger partial charge in [-0.2, -0.15) is 0 Å². The van der Waals surface area contributed by atoms with Gasteiger partial charge in [-0.3, -0.25) is 4.79 Å². The highest BCUT2D eigenvalue weighted by Gasteiger charge is 2.22. The van der Waals surface area contributed by atoms with Gasteiger partial charge in [-0.05, 0) is 36.0 Å². The third-order valence-corrected chi connectivity index (χ3v) is 6.52. The SMILES string of the molecule is O=C(CCc1ccccc1)N1CCCCC(NCCOC(c2ccccc2)c2ccccc2)C1. The smallest absolute Gasteiger partial charge is 0.222 e. The van der Waals surface area contributed by atoms with E-state index in [9.17, 15) is 4.79 Å². The quantitative estimate of drug-likeness (QED) is 0.416. The molecule has 0 saturated carbocycles. The molecule has 1 saturated heterocycles. The highest BCUT2D eigenvalue weighted by atomic mass is 16.5. The van der Waals surface area contributed by atoms with Gasteiger partial charge in [-0.25, -0.2) is 0 Å². The molecule has 1 aliphatic rings. The summed E-state index contributed by atoms with van der Waals surface area (Å²) >= 11 is 0. The number of likely N-dealkylation sites (tertiary alicyclic amines) is 1. The minimum Gasteiger partial charge on any atom is -0.367 e. The normalized spacial score (nSPS) is 16.4. The van der Waals surface area contributed by atoms with Crippen LogP contribution in [0.5, 0.6) is 0 Å². The van der Waals surface area contributed by atoms with Gasteiger partial charge in [-0.1, -0.05) is 97.4 Å². The van der Waals surface area contributed by atoms with Crippen molar-refractivity contribution in [2.24, 2.45) is 0 Å². The Labute approximate surface area is 204 Å². The van der Waals surface area contributed by atoms with Crippen LogP contribution in [0.3, 0.4) is 0 Å². The minimum absolute atomic E-state index is 0.0746. The lowest BCUT2D eigenvalue weighted by Gasteiger charge is -2.26. The molecule has 34 heavy (non-hydrogen) atoms. The van der Waals surface area contributed by atoms with Crippen LogP contribution < -0.4 is 5.32 Å². The third kappa shape index (κ3) is 7.28.